The molecule has 0 aromatic heterocycles. The quantitative estimate of drug-likeness (QED) is 0.341. The van der Waals surface area contributed by atoms with Gasteiger partial charge in [-0.05, 0) is 25.7 Å². The van der Waals surface area contributed by atoms with E-state index >= 15 is 0 Å². The van der Waals surface area contributed by atoms with Crippen molar-refractivity contribution in [3.05, 3.63) is 22.9 Å². The van der Waals surface area contributed by atoms with E-state index in [9.17, 15) is 17.4 Å². The molecule has 0 amide bonds. The molecule has 21 heavy (non-hydrogen) atoms. The van der Waals surface area contributed by atoms with Crippen molar-refractivity contribution in [2.45, 2.75) is 51.9 Å². The van der Waals surface area contributed by atoms with Crippen LogP contribution < -0.4 is 0 Å². The summed E-state index contributed by atoms with van der Waals surface area (Å²) in [4.78, 5) is 0. The zero-order chi connectivity index (χ0) is 15.9. The van der Waals surface area contributed by atoms with Crippen molar-refractivity contribution >= 4 is 9.08 Å². The Morgan fingerprint density at radius 1 is 1.19 bits per heavy atom. The summed E-state index contributed by atoms with van der Waals surface area (Å²) in [6.45, 7) is 4.20. The van der Waals surface area contributed by atoms with E-state index in [0.717, 1.165) is 6.08 Å². The maximum atomic E-state index is 12.9. The van der Waals surface area contributed by atoms with Crippen molar-refractivity contribution in [1.82, 2.24) is 0 Å². The van der Waals surface area contributed by atoms with Gasteiger partial charge in [-0.25, -0.2) is 12.3 Å². The number of rotatable bonds is 10. The first kappa shape index (κ1) is 18.4. The molecule has 121 valence electrons. The molecule has 1 rings (SSSR count). The van der Waals surface area contributed by atoms with E-state index in [4.69, 9.17) is 9.47 Å². The molecule has 0 atom stereocenters. The van der Waals surface area contributed by atoms with Crippen LogP contribution in [0.5, 0.6) is 0 Å². The Hall–Kier alpha value is -0.633. The summed E-state index contributed by atoms with van der Waals surface area (Å²) in [6.07, 6.45) is 4.17. The lowest BCUT2D eigenvalue weighted by Crippen LogP contribution is -2.35. The van der Waals surface area contributed by atoms with Crippen LogP contribution >= 0.6 is 0 Å². The predicted molar refractivity (Wildman–Crippen MR) is 75.0 cm³/mol. The average Bonchev–Trinajstić information content (AvgIpc) is 2.89. The van der Waals surface area contributed by atoms with Gasteiger partial charge in [0.1, 0.15) is 0 Å². The fraction of sp³-hybridized carbons (Fsp3) is 0.714. The second-order valence-electron chi connectivity index (χ2n) is 5.00. The zero-order valence-corrected chi connectivity index (χ0v) is 13.5. The second kappa shape index (κ2) is 8.12. The molecule has 1 radical (unpaired) electrons. The third-order valence-corrected chi connectivity index (χ3v) is 4.25. The minimum absolute atomic E-state index is 0.0613. The standard InChI is InChI=1S/C14H22F3O3Si/c1-3-10-19-14(18,20-11-4-2)9-8-12-6-5-7-13(12)21(15,16)17/h5,7H,3-4,6,8-11H2,1-2H3. The summed E-state index contributed by atoms with van der Waals surface area (Å²) in [7, 11) is -5.83. The summed E-state index contributed by atoms with van der Waals surface area (Å²) >= 11 is 0. The van der Waals surface area contributed by atoms with E-state index in [1.807, 2.05) is 13.8 Å². The number of hydrogen-bond acceptors (Lipinski definition) is 2. The highest BCUT2D eigenvalue weighted by Gasteiger charge is 2.44. The first-order valence-electron chi connectivity index (χ1n) is 7.26. The first-order chi connectivity index (χ1) is 9.82. The smallest absolute Gasteiger partial charge is 0.326 e. The zero-order valence-electron chi connectivity index (χ0n) is 12.5. The Morgan fingerprint density at radius 2 is 1.76 bits per heavy atom. The monoisotopic (exact) mass is 323 g/mol. The van der Waals surface area contributed by atoms with Crippen LogP contribution in [0.1, 0.15) is 46.0 Å². The van der Waals surface area contributed by atoms with Crippen LogP contribution in [0.2, 0.25) is 0 Å². The molecule has 0 heterocycles. The molecule has 1 aliphatic rings. The lowest BCUT2D eigenvalue weighted by atomic mass is 10.1. The Labute approximate surface area is 125 Å². The second-order valence-corrected chi connectivity index (χ2v) is 6.54. The minimum atomic E-state index is -5.83. The van der Waals surface area contributed by atoms with Crippen molar-refractivity contribution < 1.29 is 26.9 Å². The number of halogens is 3. The lowest BCUT2D eigenvalue weighted by Gasteiger charge is -2.26. The van der Waals surface area contributed by atoms with Gasteiger partial charge in [-0.1, -0.05) is 31.6 Å². The molecule has 0 aliphatic heterocycles. The normalized spacial score (nSPS) is 16.1. The first-order valence-corrected chi connectivity index (χ1v) is 8.90. The third kappa shape index (κ3) is 5.94. The van der Waals surface area contributed by atoms with Crippen LogP contribution in [0.25, 0.3) is 0 Å². The highest BCUT2D eigenvalue weighted by atomic mass is 28.5. The molecular weight excluding hydrogens is 301 g/mol. The van der Waals surface area contributed by atoms with Gasteiger partial charge in [0.05, 0.1) is 13.2 Å². The molecule has 7 heteroatoms. The average molecular weight is 323 g/mol. The van der Waals surface area contributed by atoms with E-state index in [2.05, 4.69) is 0 Å². The molecule has 0 fully saturated rings. The number of hydrogen-bond donors (Lipinski definition) is 0. The van der Waals surface area contributed by atoms with Gasteiger partial charge in [0.25, 0.3) is 0 Å². The maximum absolute atomic E-state index is 12.9. The summed E-state index contributed by atoms with van der Waals surface area (Å²) in [5, 5.41) is 11.9. The topological polar surface area (TPSA) is 38.4 Å². The molecule has 0 saturated heterocycles. The Morgan fingerprint density at radius 3 is 2.24 bits per heavy atom. The van der Waals surface area contributed by atoms with Crippen molar-refractivity contribution in [3.8, 4) is 0 Å². The molecule has 0 aromatic rings. The number of allylic oxidation sites excluding steroid dienone is 4. The van der Waals surface area contributed by atoms with Gasteiger partial charge in [0.2, 0.25) is 0 Å². The van der Waals surface area contributed by atoms with Crippen molar-refractivity contribution in [2.24, 2.45) is 0 Å². The van der Waals surface area contributed by atoms with Crippen LogP contribution in [0.3, 0.4) is 0 Å². The van der Waals surface area contributed by atoms with Crippen LogP contribution in [-0.2, 0) is 14.6 Å². The molecule has 0 aromatic carbocycles. The lowest BCUT2D eigenvalue weighted by molar-refractivity contribution is -0.390. The summed E-state index contributed by atoms with van der Waals surface area (Å²) < 4.78 is 49.1. The molecule has 3 nitrogen and oxygen atoms in total. The molecular formula is C14H22F3O3Si. The van der Waals surface area contributed by atoms with Crippen LogP contribution in [0.15, 0.2) is 22.9 Å². The molecule has 1 aliphatic carbocycles. The minimum Gasteiger partial charge on any atom is -0.326 e. The van der Waals surface area contributed by atoms with Crippen molar-refractivity contribution in [2.75, 3.05) is 13.2 Å². The molecule has 0 saturated carbocycles. The van der Waals surface area contributed by atoms with Crippen molar-refractivity contribution in [1.29, 1.82) is 0 Å². The third-order valence-electron chi connectivity index (χ3n) is 3.12. The molecule has 0 N–H and O–H groups in total. The number of ether oxygens (including phenoxy) is 2. The fourth-order valence-electron chi connectivity index (χ4n) is 2.08. The largest absolute Gasteiger partial charge is 0.653 e. The van der Waals surface area contributed by atoms with Crippen LogP contribution in [0.4, 0.5) is 12.3 Å². The van der Waals surface area contributed by atoms with Gasteiger partial charge in [-0.2, -0.15) is 5.11 Å². The van der Waals surface area contributed by atoms with Crippen LogP contribution in [-0.4, -0.2) is 28.3 Å². The van der Waals surface area contributed by atoms with Gasteiger partial charge in [-0.3, -0.25) is 0 Å². The fourth-order valence-corrected chi connectivity index (χ4v) is 3.02. The summed E-state index contributed by atoms with van der Waals surface area (Å²) in [5.74, 6) is -2.04. The Bertz CT molecular complexity index is 383. The van der Waals surface area contributed by atoms with Crippen molar-refractivity contribution in [3.63, 3.8) is 0 Å². The predicted octanol–water partition coefficient (Wildman–Crippen LogP) is 4.35. The van der Waals surface area contributed by atoms with E-state index in [1.165, 1.54) is 6.08 Å². The van der Waals surface area contributed by atoms with Gasteiger partial charge in [-0.15, -0.1) is 0 Å². The summed E-state index contributed by atoms with van der Waals surface area (Å²) in [6, 6.07) is 0. The SMILES string of the molecule is CCCOC([O])(CCC1=C([Si](F)(F)F)C=CC1)OCCC. The van der Waals surface area contributed by atoms with E-state index in [0.29, 0.717) is 12.8 Å². The molecule has 0 bridgehead atoms. The van der Waals surface area contributed by atoms with Gasteiger partial charge in [0.15, 0.2) is 0 Å². The maximum Gasteiger partial charge on any atom is 0.653 e. The van der Waals surface area contributed by atoms with Gasteiger partial charge in [0, 0.05) is 11.6 Å². The molecule has 0 unspecified atom stereocenters. The Kier molecular flexibility index (Phi) is 7.12. The summed E-state index contributed by atoms with van der Waals surface area (Å²) in [5.41, 5.74) is 0.287. The van der Waals surface area contributed by atoms with Gasteiger partial charge >= 0.3 is 15.0 Å². The van der Waals surface area contributed by atoms with Gasteiger partial charge < -0.3 is 9.47 Å². The van der Waals surface area contributed by atoms with Crippen LogP contribution in [0, 0.1) is 0 Å². The van der Waals surface area contributed by atoms with E-state index < -0.39 is 20.2 Å². The van der Waals surface area contributed by atoms with E-state index in [-0.39, 0.29) is 38.0 Å². The Balaban J connectivity index is 2.68. The molecule has 0 spiro atoms. The highest BCUT2D eigenvalue weighted by Crippen LogP contribution is 2.34. The highest BCUT2D eigenvalue weighted by molar-refractivity contribution is 6.68. The van der Waals surface area contributed by atoms with E-state index in [1.54, 1.807) is 0 Å².